The predicted octanol–water partition coefficient (Wildman–Crippen LogP) is 3.87. The van der Waals surface area contributed by atoms with Crippen LogP contribution in [-0.4, -0.2) is 48.7 Å². The van der Waals surface area contributed by atoms with E-state index < -0.39 is 6.10 Å². The molecule has 1 fully saturated rings. The van der Waals surface area contributed by atoms with E-state index in [1.807, 2.05) is 11.0 Å². The number of Topliss-reactive ketones (excluding diaryl/α,β-unsaturated/α-hetero) is 1. The lowest BCUT2D eigenvalue weighted by molar-refractivity contribution is -0.132. The summed E-state index contributed by atoms with van der Waals surface area (Å²) in [7, 11) is 1.68. The van der Waals surface area contributed by atoms with Gasteiger partial charge in [0.1, 0.15) is 5.75 Å². The Balaban J connectivity index is 1.27. The number of carbonyl (C=O) groups is 3. The van der Waals surface area contributed by atoms with Crippen molar-refractivity contribution in [3.05, 3.63) is 59.7 Å². The van der Waals surface area contributed by atoms with E-state index in [1.54, 1.807) is 32.2 Å². The van der Waals surface area contributed by atoms with Crippen LogP contribution in [0.5, 0.6) is 5.75 Å². The zero-order chi connectivity index (χ0) is 22.7. The molecule has 6 heteroatoms. The van der Waals surface area contributed by atoms with Crippen LogP contribution in [0.15, 0.2) is 48.5 Å². The first-order valence-electron chi connectivity index (χ1n) is 11.4. The van der Waals surface area contributed by atoms with E-state index in [1.165, 1.54) is 10.5 Å². The molecule has 0 aliphatic carbocycles. The highest BCUT2D eigenvalue weighted by atomic mass is 16.5. The fourth-order valence-electron chi connectivity index (χ4n) is 4.54. The third-order valence-electron chi connectivity index (χ3n) is 6.52. The molecule has 2 aliphatic heterocycles. The minimum atomic E-state index is -0.538. The van der Waals surface area contributed by atoms with E-state index >= 15 is 0 Å². The summed E-state index contributed by atoms with van der Waals surface area (Å²) in [4.78, 5) is 40.9. The monoisotopic (exact) mass is 434 g/mol. The smallest absolute Gasteiger partial charge is 0.267 e. The number of benzene rings is 2. The molecule has 2 aromatic carbocycles. The van der Waals surface area contributed by atoms with Crippen LogP contribution in [0.2, 0.25) is 0 Å². The van der Waals surface area contributed by atoms with Gasteiger partial charge in [-0.1, -0.05) is 30.3 Å². The molecule has 0 spiro atoms. The molecule has 168 valence electrons. The molecule has 2 aromatic rings. The summed E-state index contributed by atoms with van der Waals surface area (Å²) < 4.78 is 5.61. The first-order valence-corrected chi connectivity index (χ1v) is 11.4. The fourth-order valence-corrected chi connectivity index (χ4v) is 4.54. The van der Waals surface area contributed by atoms with Crippen LogP contribution in [-0.2, 0) is 16.0 Å². The highest BCUT2D eigenvalue weighted by Gasteiger charge is 2.29. The summed E-state index contributed by atoms with van der Waals surface area (Å²) in [5, 5.41) is 0. The van der Waals surface area contributed by atoms with Gasteiger partial charge in [-0.05, 0) is 55.9 Å². The van der Waals surface area contributed by atoms with Crippen LogP contribution in [0.3, 0.4) is 0 Å². The lowest BCUT2D eigenvalue weighted by Gasteiger charge is -2.32. The summed E-state index contributed by atoms with van der Waals surface area (Å²) in [5.41, 5.74) is 2.43. The molecular weight excluding hydrogens is 404 g/mol. The Morgan fingerprint density at radius 2 is 1.75 bits per heavy atom. The Morgan fingerprint density at radius 3 is 2.47 bits per heavy atom. The van der Waals surface area contributed by atoms with Gasteiger partial charge in [0.2, 0.25) is 5.91 Å². The second-order valence-electron chi connectivity index (χ2n) is 8.78. The number of anilines is 1. The molecule has 6 nitrogen and oxygen atoms in total. The van der Waals surface area contributed by atoms with Gasteiger partial charge in [0.25, 0.3) is 5.91 Å². The molecule has 0 aromatic heterocycles. The van der Waals surface area contributed by atoms with Crippen molar-refractivity contribution in [3.8, 4) is 5.75 Å². The molecule has 2 amide bonds. The van der Waals surface area contributed by atoms with E-state index in [-0.39, 0.29) is 30.4 Å². The normalized spacial score (nSPS) is 18.8. The second-order valence-corrected chi connectivity index (χ2v) is 8.78. The lowest BCUT2D eigenvalue weighted by Crippen LogP contribution is -2.42. The number of nitrogens with zero attached hydrogens (tertiary/aromatic N) is 2. The van der Waals surface area contributed by atoms with Crippen molar-refractivity contribution in [3.63, 3.8) is 0 Å². The molecule has 0 N–H and O–H groups in total. The maximum absolute atomic E-state index is 12.7. The number of hydrogen-bond donors (Lipinski definition) is 0. The van der Waals surface area contributed by atoms with E-state index in [2.05, 4.69) is 24.3 Å². The van der Waals surface area contributed by atoms with Crippen LogP contribution < -0.4 is 9.64 Å². The Kier molecular flexibility index (Phi) is 6.58. The van der Waals surface area contributed by atoms with Crippen LogP contribution >= 0.6 is 0 Å². The van der Waals surface area contributed by atoms with Gasteiger partial charge in [-0.25, -0.2) is 0 Å². The maximum Gasteiger partial charge on any atom is 0.267 e. The van der Waals surface area contributed by atoms with Gasteiger partial charge < -0.3 is 14.5 Å². The zero-order valence-electron chi connectivity index (χ0n) is 18.8. The van der Waals surface area contributed by atoms with Crippen LogP contribution in [0.25, 0.3) is 0 Å². The van der Waals surface area contributed by atoms with Crippen molar-refractivity contribution in [1.82, 2.24) is 4.90 Å². The summed E-state index contributed by atoms with van der Waals surface area (Å²) in [6, 6.07) is 15.6. The van der Waals surface area contributed by atoms with Crippen LogP contribution in [0.1, 0.15) is 48.5 Å². The Bertz CT molecular complexity index is 996. The fraction of sp³-hybridized carbons (Fsp3) is 0.423. The Labute approximate surface area is 189 Å². The third-order valence-corrected chi connectivity index (χ3v) is 6.52. The summed E-state index contributed by atoms with van der Waals surface area (Å²) in [6.07, 6.45) is 2.89. The number of amides is 2. The number of likely N-dealkylation sites (tertiary alicyclic amines) is 1. The van der Waals surface area contributed by atoms with Crippen molar-refractivity contribution >= 4 is 23.3 Å². The average Bonchev–Trinajstić information content (AvgIpc) is 2.82. The second kappa shape index (κ2) is 9.55. The Hall–Kier alpha value is -3.15. The minimum absolute atomic E-state index is 0.0407. The molecule has 2 heterocycles. The van der Waals surface area contributed by atoms with E-state index in [0.717, 1.165) is 32.4 Å². The molecule has 0 bridgehead atoms. The SMILES string of the molecule is CC1Oc2ccc(C(=O)CCC(=O)N3CCC(Cc4ccccc4)CC3)cc2N(C)C1=O. The van der Waals surface area contributed by atoms with Crippen molar-refractivity contribution in [2.45, 2.75) is 45.1 Å². The van der Waals surface area contributed by atoms with E-state index in [4.69, 9.17) is 4.74 Å². The highest BCUT2D eigenvalue weighted by Crippen LogP contribution is 2.34. The molecule has 1 saturated heterocycles. The Morgan fingerprint density at radius 1 is 1.03 bits per heavy atom. The number of hydrogen-bond acceptors (Lipinski definition) is 4. The first-order chi connectivity index (χ1) is 15.4. The number of piperidine rings is 1. The zero-order valence-corrected chi connectivity index (χ0v) is 18.8. The molecule has 0 saturated carbocycles. The topological polar surface area (TPSA) is 66.9 Å². The molecule has 1 unspecified atom stereocenters. The molecule has 4 rings (SSSR count). The van der Waals surface area contributed by atoms with E-state index in [9.17, 15) is 14.4 Å². The summed E-state index contributed by atoms with van der Waals surface area (Å²) in [6.45, 7) is 3.22. The first kappa shape index (κ1) is 22.1. The number of carbonyl (C=O) groups excluding carboxylic acids is 3. The quantitative estimate of drug-likeness (QED) is 0.648. The van der Waals surface area contributed by atoms with Crippen LogP contribution in [0, 0.1) is 5.92 Å². The predicted molar refractivity (Wildman–Crippen MR) is 123 cm³/mol. The van der Waals surface area contributed by atoms with Crippen molar-refractivity contribution < 1.29 is 19.1 Å². The maximum atomic E-state index is 12.7. The standard InChI is InChI=1S/C26H30N2O4/c1-18-26(31)27(2)22-17-21(8-10-24(22)32-18)23(29)9-11-25(30)28-14-12-20(13-15-28)16-19-6-4-3-5-7-19/h3-8,10,17-18,20H,9,11-16H2,1-2H3. The number of ether oxygens (including phenoxy) is 1. The molecule has 32 heavy (non-hydrogen) atoms. The van der Waals surface area contributed by atoms with Gasteiger partial charge in [-0.2, -0.15) is 0 Å². The average molecular weight is 435 g/mol. The van der Waals surface area contributed by atoms with Crippen molar-refractivity contribution in [2.75, 3.05) is 25.0 Å². The van der Waals surface area contributed by atoms with Gasteiger partial charge in [0, 0.05) is 38.5 Å². The molecule has 0 radical (unpaired) electrons. The van der Waals surface area contributed by atoms with Gasteiger partial charge in [0.05, 0.1) is 5.69 Å². The lowest BCUT2D eigenvalue weighted by atomic mass is 9.90. The number of likely N-dealkylation sites (N-methyl/N-ethyl adjacent to an activating group) is 1. The van der Waals surface area contributed by atoms with Gasteiger partial charge >= 0.3 is 0 Å². The van der Waals surface area contributed by atoms with Crippen molar-refractivity contribution in [1.29, 1.82) is 0 Å². The molecule has 1 atom stereocenters. The minimum Gasteiger partial charge on any atom is -0.479 e. The number of fused-ring (bicyclic) bond motifs is 1. The summed E-state index contributed by atoms with van der Waals surface area (Å²) in [5.74, 6) is 0.986. The number of rotatable bonds is 6. The molecular formula is C26H30N2O4. The largest absolute Gasteiger partial charge is 0.479 e. The summed E-state index contributed by atoms with van der Waals surface area (Å²) >= 11 is 0. The van der Waals surface area contributed by atoms with Gasteiger partial charge in [-0.3, -0.25) is 14.4 Å². The highest BCUT2D eigenvalue weighted by molar-refractivity contribution is 6.03. The van der Waals surface area contributed by atoms with Crippen molar-refractivity contribution in [2.24, 2.45) is 5.92 Å². The van der Waals surface area contributed by atoms with Gasteiger partial charge in [0.15, 0.2) is 11.9 Å². The van der Waals surface area contributed by atoms with Gasteiger partial charge in [-0.15, -0.1) is 0 Å². The van der Waals surface area contributed by atoms with Crippen LogP contribution in [0.4, 0.5) is 5.69 Å². The number of ketones is 1. The third kappa shape index (κ3) is 4.85. The van der Waals surface area contributed by atoms with E-state index in [0.29, 0.717) is 22.9 Å². The molecule has 2 aliphatic rings.